The van der Waals surface area contributed by atoms with Crippen molar-refractivity contribution in [3.63, 3.8) is 0 Å². The summed E-state index contributed by atoms with van der Waals surface area (Å²) in [6.07, 6.45) is -0.357. The Hall–Kier alpha value is -0.0800. The van der Waals surface area contributed by atoms with E-state index in [0.29, 0.717) is 6.61 Å². The molecule has 0 fully saturated rings. The molecule has 0 bridgehead atoms. The van der Waals surface area contributed by atoms with Gasteiger partial charge < -0.3 is 9.84 Å². The highest BCUT2D eigenvalue weighted by Crippen LogP contribution is 2.06. The van der Waals surface area contributed by atoms with Gasteiger partial charge in [-0.25, -0.2) is 0 Å². The van der Waals surface area contributed by atoms with E-state index in [4.69, 9.17) is 9.84 Å². The van der Waals surface area contributed by atoms with Crippen LogP contribution in [0.3, 0.4) is 0 Å². The van der Waals surface area contributed by atoms with E-state index in [-0.39, 0.29) is 11.7 Å². The molecule has 1 atom stereocenters. The summed E-state index contributed by atoms with van der Waals surface area (Å²) < 4.78 is 5.24. The molecule has 0 aliphatic heterocycles. The van der Waals surface area contributed by atoms with E-state index in [1.165, 1.54) is 0 Å². The Balaban J connectivity index is 3.28. The van der Waals surface area contributed by atoms with Crippen molar-refractivity contribution in [2.75, 3.05) is 6.61 Å². The predicted octanol–water partition coefficient (Wildman–Crippen LogP) is 1.18. The molecule has 0 unspecified atom stereocenters. The van der Waals surface area contributed by atoms with Crippen LogP contribution in [0.4, 0.5) is 0 Å². The second-order valence-electron chi connectivity index (χ2n) is 3.27. The minimum absolute atomic E-state index is 0.128. The first kappa shape index (κ1) is 8.92. The van der Waals surface area contributed by atoms with Gasteiger partial charge in [0.05, 0.1) is 18.3 Å². The topological polar surface area (TPSA) is 29.5 Å². The minimum Gasteiger partial charge on any atom is -0.391 e. The highest BCUT2D eigenvalue weighted by Gasteiger charge is 2.10. The largest absolute Gasteiger partial charge is 0.391 e. The molecule has 1 N–H and O–H groups in total. The average molecular weight is 132 g/mol. The summed E-state index contributed by atoms with van der Waals surface area (Å²) in [5.41, 5.74) is -0.128. The maximum atomic E-state index is 8.79. The summed E-state index contributed by atoms with van der Waals surface area (Å²) in [6, 6.07) is 0. The van der Waals surface area contributed by atoms with E-state index in [1.807, 2.05) is 20.8 Å². The molecule has 0 aromatic carbocycles. The summed E-state index contributed by atoms with van der Waals surface area (Å²) in [6.45, 7) is 8.04. The van der Waals surface area contributed by atoms with Gasteiger partial charge in [-0.05, 0) is 27.7 Å². The number of hydrogen-bond acceptors (Lipinski definition) is 2. The number of aliphatic hydroxyl groups is 1. The SMILES string of the molecule is C[C@H](O)COC(C)(C)C. The van der Waals surface area contributed by atoms with Gasteiger partial charge in [0, 0.05) is 0 Å². The molecule has 0 spiro atoms. The van der Waals surface area contributed by atoms with Crippen LogP contribution in [0, 0.1) is 0 Å². The van der Waals surface area contributed by atoms with Crippen LogP contribution in [0.25, 0.3) is 0 Å². The van der Waals surface area contributed by atoms with Gasteiger partial charge in [0.25, 0.3) is 0 Å². The third kappa shape index (κ3) is 7.92. The monoisotopic (exact) mass is 132 g/mol. The summed E-state index contributed by atoms with van der Waals surface area (Å²) >= 11 is 0. The van der Waals surface area contributed by atoms with Gasteiger partial charge in [-0.3, -0.25) is 0 Å². The Labute approximate surface area is 56.8 Å². The molecule has 0 aromatic rings. The van der Waals surface area contributed by atoms with E-state index in [0.717, 1.165) is 0 Å². The van der Waals surface area contributed by atoms with Crippen LogP contribution in [0.5, 0.6) is 0 Å². The minimum atomic E-state index is -0.357. The van der Waals surface area contributed by atoms with Crippen molar-refractivity contribution >= 4 is 0 Å². The molecular formula is C7H16O2. The fourth-order valence-corrected chi connectivity index (χ4v) is 0.371. The zero-order valence-corrected chi connectivity index (χ0v) is 6.64. The highest BCUT2D eigenvalue weighted by molar-refractivity contribution is 4.59. The van der Waals surface area contributed by atoms with Crippen molar-refractivity contribution in [2.24, 2.45) is 0 Å². The predicted molar refractivity (Wildman–Crippen MR) is 37.4 cm³/mol. The Bertz CT molecular complexity index is 71.5. The van der Waals surface area contributed by atoms with E-state index >= 15 is 0 Å². The van der Waals surface area contributed by atoms with Crippen molar-refractivity contribution in [1.29, 1.82) is 0 Å². The highest BCUT2D eigenvalue weighted by atomic mass is 16.5. The van der Waals surface area contributed by atoms with Crippen LogP contribution < -0.4 is 0 Å². The molecule has 0 saturated carbocycles. The average Bonchev–Trinajstić information content (AvgIpc) is 1.59. The third-order valence-corrected chi connectivity index (χ3v) is 0.758. The molecule has 0 aliphatic carbocycles. The maximum Gasteiger partial charge on any atom is 0.0745 e. The summed E-state index contributed by atoms with van der Waals surface area (Å²) in [5, 5.41) is 8.79. The van der Waals surface area contributed by atoms with Crippen LogP contribution in [-0.4, -0.2) is 23.4 Å². The third-order valence-electron chi connectivity index (χ3n) is 0.758. The summed E-state index contributed by atoms with van der Waals surface area (Å²) in [7, 11) is 0. The first-order chi connectivity index (χ1) is 3.92. The number of rotatable bonds is 2. The summed E-state index contributed by atoms with van der Waals surface area (Å²) in [5.74, 6) is 0. The van der Waals surface area contributed by atoms with Crippen molar-refractivity contribution in [3.8, 4) is 0 Å². The Morgan fingerprint density at radius 3 is 2.00 bits per heavy atom. The van der Waals surface area contributed by atoms with Crippen molar-refractivity contribution in [1.82, 2.24) is 0 Å². The first-order valence-electron chi connectivity index (χ1n) is 3.24. The Morgan fingerprint density at radius 2 is 1.89 bits per heavy atom. The Morgan fingerprint density at radius 1 is 1.44 bits per heavy atom. The number of hydrogen-bond donors (Lipinski definition) is 1. The molecule has 0 aliphatic rings. The van der Waals surface area contributed by atoms with Gasteiger partial charge in [-0.2, -0.15) is 0 Å². The number of aliphatic hydroxyl groups excluding tert-OH is 1. The van der Waals surface area contributed by atoms with Crippen molar-refractivity contribution in [3.05, 3.63) is 0 Å². The zero-order chi connectivity index (χ0) is 7.49. The molecular weight excluding hydrogens is 116 g/mol. The lowest BCUT2D eigenvalue weighted by Gasteiger charge is -2.20. The fourth-order valence-electron chi connectivity index (χ4n) is 0.371. The molecule has 0 amide bonds. The maximum absolute atomic E-state index is 8.79. The van der Waals surface area contributed by atoms with Crippen molar-refractivity contribution in [2.45, 2.75) is 39.4 Å². The smallest absolute Gasteiger partial charge is 0.0745 e. The van der Waals surface area contributed by atoms with Gasteiger partial charge in [0.1, 0.15) is 0 Å². The fraction of sp³-hybridized carbons (Fsp3) is 1.00. The van der Waals surface area contributed by atoms with Crippen molar-refractivity contribution < 1.29 is 9.84 Å². The van der Waals surface area contributed by atoms with Gasteiger partial charge >= 0.3 is 0 Å². The normalized spacial score (nSPS) is 15.7. The van der Waals surface area contributed by atoms with Gasteiger partial charge in [-0.15, -0.1) is 0 Å². The molecule has 56 valence electrons. The first-order valence-corrected chi connectivity index (χ1v) is 3.24. The lowest BCUT2D eigenvalue weighted by molar-refractivity contribution is -0.0436. The van der Waals surface area contributed by atoms with Crippen LogP contribution >= 0.6 is 0 Å². The van der Waals surface area contributed by atoms with Crippen LogP contribution in [0.1, 0.15) is 27.7 Å². The molecule has 2 nitrogen and oxygen atoms in total. The molecule has 0 saturated heterocycles. The standard InChI is InChI=1S/C7H16O2/c1-6(8)5-9-7(2,3)4/h6,8H,5H2,1-4H3/t6-/m0/s1. The lowest BCUT2D eigenvalue weighted by atomic mass is 10.2. The summed E-state index contributed by atoms with van der Waals surface area (Å²) in [4.78, 5) is 0. The second kappa shape index (κ2) is 3.18. The van der Waals surface area contributed by atoms with E-state index < -0.39 is 0 Å². The van der Waals surface area contributed by atoms with E-state index in [1.54, 1.807) is 6.92 Å². The Kier molecular flexibility index (Phi) is 3.15. The van der Waals surface area contributed by atoms with E-state index in [9.17, 15) is 0 Å². The molecule has 9 heavy (non-hydrogen) atoms. The molecule has 0 heterocycles. The quantitative estimate of drug-likeness (QED) is 0.611. The van der Waals surface area contributed by atoms with Gasteiger partial charge in [0.15, 0.2) is 0 Å². The van der Waals surface area contributed by atoms with Crippen LogP contribution in [0.2, 0.25) is 0 Å². The zero-order valence-electron chi connectivity index (χ0n) is 6.64. The molecule has 0 rings (SSSR count). The van der Waals surface area contributed by atoms with Crippen LogP contribution in [0.15, 0.2) is 0 Å². The van der Waals surface area contributed by atoms with Gasteiger partial charge in [-0.1, -0.05) is 0 Å². The van der Waals surface area contributed by atoms with Gasteiger partial charge in [0.2, 0.25) is 0 Å². The van der Waals surface area contributed by atoms with E-state index in [2.05, 4.69) is 0 Å². The van der Waals surface area contributed by atoms with Crippen LogP contribution in [-0.2, 0) is 4.74 Å². The molecule has 0 aromatic heterocycles. The number of ether oxygens (including phenoxy) is 1. The second-order valence-corrected chi connectivity index (χ2v) is 3.27. The molecule has 2 heteroatoms. The lowest BCUT2D eigenvalue weighted by Crippen LogP contribution is -2.24. The molecule has 0 radical (unpaired) electrons.